The molecule has 0 aromatic heterocycles. The molecule has 0 aromatic carbocycles. The second-order valence-corrected chi connectivity index (χ2v) is 7.42. The summed E-state index contributed by atoms with van der Waals surface area (Å²) in [6, 6.07) is 0.549. The molecule has 2 fully saturated rings. The largest absolute Gasteiger partial charge is 0.355 e. The molecule has 0 radical (unpaired) electrons. The predicted molar refractivity (Wildman–Crippen MR) is 78.5 cm³/mol. The molecule has 0 aromatic rings. The van der Waals surface area contributed by atoms with Crippen molar-refractivity contribution in [1.82, 2.24) is 10.6 Å². The van der Waals surface area contributed by atoms with Crippen LogP contribution in [0.2, 0.25) is 0 Å². The molecule has 1 aliphatic heterocycles. The van der Waals surface area contributed by atoms with E-state index in [2.05, 4.69) is 10.6 Å². The SMILES string of the molecule is CS(=O)CCCNC(=O)C1CCC2CCCCC2N1. The fraction of sp³-hybridized carbons (Fsp3) is 0.929. The third-order valence-corrected chi connectivity index (χ3v) is 5.24. The first-order valence-electron chi connectivity index (χ1n) is 7.50. The number of nitrogens with one attached hydrogen (secondary N) is 2. The molecule has 0 spiro atoms. The van der Waals surface area contributed by atoms with Crippen LogP contribution in [0.3, 0.4) is 0 Å². The van der Waals surface area contributed by atoms with Crippen LogP contribution < -0.4 is 10.6 Å². The summed E-state index contributed by atoms with van der Waals surface area (Å²) in [5.74, 6) is 1.59. The summed E-state index contributed by atoms with van der Waals surface area (Å²) in [5.41, 5.74) is 0. The van der Waals surface area contributed by atoms with Gasteiger partial charge in [0.2, 0.25) is 5.91 Å². The minimum absolute atomic E-state index is 0.00789. The van der Waals surface area contributed by atoms with Crippen molar-refractivity contribution in [3.63, 3.8) is 0 Å². The summed E-state index contributed by atoms with van der Waals surface area (Å²) < 4.78 is 10.9. The topological polar surface area (TPSA) is 58.2 Å². The minimum atomic E-state index is -0.757. The Balaban J connectivity index is 1.69. The number of carbonyl (C=O) groups is 1. The fourth-order valence-corrected chi connectivity index (χ4v) is 3.86. The molecule has 4 unspecified atom stereocenters. The first-order chi connectivity index (χ1) is 9.16. The highest BCUT2D eigenvalue weighted by Gasteiger charge is 2.34. The van der Waals surface area contributed by atoms with Crippen molar-refractivity contribution >= 4 is 16.7 Å². The number of hydrogen-bond acceptors (Lipinski definition) is 3. The van der Waals surface area contributed by atoms with E-state index in [-0.39, 0.29) is 11.9 Å². The third kappa shape index (κ3) is 4.56. The Morgan fingerprint density at radius 1 is 1.26 bits per heavy atom. The summed E-state index contributed by atoms with van der Waals surface area (Å²) in [6.07, 6.45) is 9.86. The highest BCUT2D eigenvalue weighted by molar-refractivity contribution is 7.84. The molecule has 0 bridgehead atoms. The first-order valence-corrected chi connectivity index (χ1v) is 9.23. The van der Waals surface area contributed by atoms with Crippen LogP contribution in [0.5, 0.6) is 0 Å². The Morgan fingerprint density at radius 3 is 2.84 bits per heavy atom. The first kappa shape index (κ1) is 15.0. The van der Waals surface area contributed by atoms with Gasteiger partial charge in [0.1, 0.15) is 0 Å². The maximum atomic E-state index is 12.1. The Morgan fingerprint density at radius 2 is 2.05 bits per heavy atom. The van der Waals surface area contributed by atoms with Crippen molar-refractivity contribution in [2.45, 2.75) is 57.0 Å². The van der Waals surface area contributed by atoms with Crippen molar-refractivity contribution in [3.05, 3.63) is 0 Å². The van der Waals surface area contributed by atoms with E-state index in [1.807, 2.05) is 0 Å². The second kappa shape index (κ2) is 7.39. The van der Waals surface area contributed by atoms with E-state index < -0.39 is 10.8 Å². The van der Waals surface area contributed by atoms with Crippen molar-refractivity contribution < 1.29 is 9.00 Å². The monoisotopic (exact) mass is 286 g/mol. The van der Waals surface area contributed by atoms with Crippen molar-refractivity contribution in [2.24, 2.45) is 5.92 Å². The van der Waals surface area contributed by atoms with E-state index in [0.717, 1.165) is 18.8 Å². The molecule has 19 heavy (non-hydrogen) atoms. The number of rotatable bonds is 5. The number of piperidine rings is 1. The Bertz CT molecular complexity index is 335. The maximum Gasteiger partial charge on any atom is 0.237 e. The van der Waals surface area contributed by atoms with Crippen LogP contribution in [0.1, 0.15) is 44.9 Å². The van der Waals surface area contributed by atoms with E-state index in [9.17, 15) is 9.00 Å². The maximum absolute atomic E-state index is 12.1. The van der Waals surface area contributed by atoms with Crippen LogP contribution in [0.15, 0.2) is 0 Å². The molecular weight excluding hydrogens is 260 g/mol. The molecule has 1 aliphatic carbocycles. The summed E-state index contributed by atoms with van der Waals surface area (Å²) in [5, 5.41) is 6.50. The van der Waals surface area contributed by atoms with Crippen LogP contribution in [0.4, 0.5) is 0 Å². The van der Waals surface area contributed by atoms with Crippen molar-refractivity contribution in [1.29, 1.82) is 0 Å². The molecular formula is C14H26N2O2S. The van der Waals surface area contributed by atoms with Crippen LogP contribution in [-0.2, 0) is 15.6 Å². The molecule has 2 aliphatic rings. The molecule has 5 heteroatoms. The fourth-order valence-electron chi connectivity index (χ4n) is 3.31. The zero-order chi connectivity index (χ0) is 13.7. The number of amides is 1. The van der Waals surface area contributed by atoms with Crippen LogP contribution >= 0.6 is 0 Å². The van der Waals surface area contributed by atoms with E-state index in [0.29, 0.717) is 18.3 Å². The van der Waals surface area contributed by atoms with Gasteiger partial charge in [-0.1, -0.05) is 12.8 Å². The van der Waals surface area contributed by atoms with Crippen molar-refractivity contribution in [2.75, 3.05) is 18.6 Å². The van der Waals surface area contributed by atoms with Crippen LogP contribution in [-0.4, -0.2) is 40.8 Å². The second-order valence-electron chi connectivity index (χ2n) is 5.87. The zero-order valence-electron chi connectivity index (χ0n) is 11.8. The van der Waals surface area contributed by atoms with Gasteiger partial charge in [-0.3, -0.25) is 9.00 Å². The summed E-state index contributed by atoms with van der Waals surface area (Å²) in [6.45, 7) is 0.644. The number of carbonyl (C=O) groups excluding carboxylic acids is 1. The molecule has 4 atom stereocenters. The van der Waals surface area contributed by atoms with E-state index >= 15 is 0 Å². The lowest BCUT2D eigenvalue weighted by atomic mass is 9.77. The Hall–Kier alpha value is -0.420. The molecule has 1 amide bonds. The smallest absolute Gasteiger partial charge is 0.237 e. The summed E-state index contributed by atoms with van der Waals surface area (Å²) in [4.78, 5) is 12.1. The molecule has 2 N–H and O–H groups in total. The number of fused-ring (bicyclic) bond motifs is 1. The molecule has 2 rings (SSSR count). The standard InChI is InChI=1S/C14H26N2O2S/c1-19(18)10-4-9-15-14(17)13-8-7-11-5-2-3-6-12(11)16-13/h11-13,16H,2-10H2,1H3,(H,15,17). The lowest BCUT2D eigenvalue weighted by Crippen LogP contribution is -2.55. The highest BCUT2D eigenvalue weighted by atomic mass is 32.2. The average Bonchev–Trinajstić information content (AvgIpc) is 2.42. The van der Waals surface area contributed by atoms with Gasteiger partial charge in [0, 0.05) is 35.4 Å². The summed E-state index contributed by atoms with van der Waals surface area (Å²) >= 11 is 0. The summed E-state index contributed by atoms with van der Waals surface area (Å²) in [7, 11) is -0.757. The van der Waals surface area contributed by atoms with Gasteiger partial charge in [0.25, 0.3) is 0 Å². The van der Waals surface area contributed by atoms with Gasteiger partial charge in [0.05, 0.1) is 6.04 Å². The molecule has 1 saturated heterocycles. The van der Waals surface area contributed by atoms with Gasteiger partial charge >= 0.3 is 0 Å². The Labute approximate surface area is 118 Å². The van der Waals surface area contributed by atoms with Crippen LogP contribution in [0, 0.1) is 5.92 Å². The molecule has 4 nitrogen and oxygen atoms in total. The normalized spacial score (nSPS) is 32.4. The predicted octanol–water partition coefficient (Wildman–Crippen LogP) is 1.18. The van der Waals surface area contributed by atoms with E-state index in [1.54, 1.807) is 6.26 Å². The van der Waals surface area contributed by atoms with E-state index in [4.69, 9.17) is 0 Å². The van der Waals surface area contributed by atoms with Gasteiger partial charge in [-0.2, -0.15) is 0 Å². The van der Waals surface area contributed by atoms with Gasteiger partial charge in [-0.15, -0.1) is 0 Å². The van der Waals surface area contributed by atoms with E-state index in [1.165, 1.54) is 32.1 Å². The lowest BCUT2D eigenvalue weighted by Gasteiger charge is -2.39. The van der Waals surface area contributed by atoms with Gasteiger partial charge in [-0.25, -0.2) is 0 Å². The van der Waals surface area contributed by atoms with Crippen molar-refractivity contribution in [3.8, 4) is 0 Å². The number of hydrogen-bond donors (Lipinski definition) is 2. The zero-order valence-corrected chi connectivity index (χ0v) is 12.6. The molecule has 1 saturated carbocycles. The quantitative estimate of drug-likeness (QED) is 0.746. The highest BCUT2D eigenvalue weighted by Crippen LogP contribution is 2.32. The van der Waals surface area contributed by atoms with Gasteiger partial charge < -0.3 is 10.6 Å². The van der Waals surface area contributed by atoms with Gasteiger partial charge in [0.15, 0.2) is 0 Å². The third-order valence-electron chi connectivity index (χ3n) is 4.37. The molecule has 110 valence electrons. The lowest BCUT2D eigenvalue weighted by molar-refractivity contribution is -0.124. The average molecular weight is 286 g/mol. The molecule has 1 heterocycles. The minimum Gasteiger partial charge on any atom is -0.355 e. The van der Waals surface area contributed by atoms with Crippen LogP contribution in [0.25, 0.3) is 0 Å². The Kier molecular flexibility index (Phi) is 5.82. The van der Waals surface area contributed by atoms with Gasteiger partial charge in [-0.05, 0) is 38.0 Å².